The molecular weight excluding hydrogens is 142 g/mol. The normalized spacial score (nSPS) is 52.5. The Morgan fingerprint density at radius 3 is 3.18 bits per heavy atom. The van der Waals surface area contributed by atoms with Crippen LogP contribution in [0.4, 0.5) is 0 Å². The number of hydrogen-bond acceptors (Lipinski definition) is 4. The van der Waals surface area contributed by atoms with Crippen molar-refractivity contribution in [3.05, 3.63) is 0 Å². The molecule has 0 aromatic heterocycles. The number of rotatable bonds is 0. The van der Waals surface area contributed by atoms with Crippen LogP contribution in [-0.4, -0.2) is 47.8 Å². The maximum Gasteiger partial charge on any atom is 0.181 e. The summed E-state index contributed by atoms with van der Waals surface area (Å²) in [5, 5.41) is 8.68. The Morgan fingerprint density at radius 2 is 2.45 bits per heavy atom. The van der Waals surface area contributed by atoms with Crippen LogP contribution in [0.1, 0.15) is 0 Å². The molecule has 0 spiro atoms. The van der Waals surface area contributed by atoms with Crippen molar-refractivity contribution in [2.24, 2.45) is 0 Å². The third kappa shape index (κ3) is 0.561. The molecule has 0 unspecified atom stereocenters. The van der Waals surface area contributed by atoms with Crippen LogP contribution < -0.4 is 0 Å². The van der Waals surface area contributed by atoms with E-state index >= 15 is 0 Å². The molecule has 3 aliphatic rings. The second kappa shape index (κ2) is 1.52. The van der Waals surface area contributed by atoms with Gasteiger partial charge in [-0.05, 0) is 7.05 Å². The fraction of sp³-hybridized carbons (Fsp3) is 0.857. The fourth-order valence-electron chi connectivity index (χ4n) is 2.16. The van der Waals surface area contributed by atoms with Gasteiger partial charge >= 0.3 is 0 Å². The highest BCUT2D eigenvalue weighted by atomic mass is 16.6. The monoisotopic (exact) mass is 151 g/mol. The Hall–Kier alpha value is -0.790. The highest BCUT2D eigenvalue weighted by molar-refractivity contribution is 5.20. The molecule has 0 aromatic rings. The van der Waals surface area contributed by atoms with Crippen LogP contribution in [0.15, 0.2) is 0 Å². The summed E-state index contributed by atoms with van der Waals surface area (Å²) in [7, 11) is 2.05. The lowest BCUT2D eigenvalue weighted by Crippen LogP contribution is -2.34. The van der Waals surface area contributed by atoms with Crippen molar-refractivity contribution in [1.82, 2.24) is 9.80 Å². The molecular formula is C7H9N3O. The van der Waals surface area contributed by atoms with Crippen molar-refractivity contribution >= 4 is 0 Å². The van der Waals surface area contributed by atoms with Gasteiger partial charge in [0.15, 0.2) is 6.19 Å². The minimum atomic E-state index is 0.351. The van der Waals surface area contributed by atoms with Crippen molar-refractivity contribution in [2.45, 2.75) is 24.4 Å². The van der Waals surface area contributed by atoms with Gasteiger partial charge in [0.25, 0.3) is 0 Å². The fourth-order valence-corrected chi connectivity index (χ4v) is 2.16. The first kappa shape index (κ1) is 5.81. The maximum atomic E-state index is 8.68. The van der Waals surface area contributed by atoms with E-state index in [-0.39, 0.29) is 0 Å². The summed E-state index contributed by atoms with van der Waals surface area (Å²) >= 11 is 0. The van der Waals surface area contributed by atoms with Gasteiger partial charge in [0.2, 0.25) is 0 Å². The highest BCUT2D eigenvalue weighted by Gasteiger charge is 2.67. The van der Waals surface area contributed by atoms with E-state index in [9.17, 15) is 0 Å². The van der Waals surface area contributed by atoms with Gasteiger partial charge in [-0.1, -0.05) is 0 Å². The van der Waals surface area contributed by atoms with Crippen molar-refractivity contribution < 1.29 is 4.74 Å². The molecule has 3 heterocycles. The van der Waals surface area contributed by atoms with Gasteiger partial charge in [-0.15, -0.1) is 0 Å². The molecule has 0 N–H and O–H groups in total. The van der Waals surface area contributed by atoms with Crippen molar-refractivity contribution in [2.75, 3.05) is 13.6 Å². The van der Waals surface area contributed by atoms with Gasteiger partial charge in [-0.2, -0.15) is 5.26 Å². The molecule has 4 atom stereocenters. The first-order chi connectivity index (χ1) is 5.33. The Kier molecular flexibility index (Phi) is 0.803. The number of nitriles is 1. The van der Waals surface area contributed by atoms with Crippen LogP contribution in [0.3, 0.4) is 0 Å². The second-order valence-corrected chi connectivity index (χ2v) is 3.49. The summed E-state index contributed by atoms with van der Waals surface area (Å²) in [6.07, 6.45) is 3.32. The van der Waals surface area contributed by atoms with Gasteiger partial charge in [0, 0.05) is 6.54 Å². The first-order valence-electron chi connectivity index (χ1n) is 3.86. The zero-order valence-electron chi connectivity index (χ0n) is 6.27. The topological polar surface area (TPSA) is 42.6 Å². The molecule has 0 saturated carbocycles. The number of likely N-dealkylation sites (tertiary alicyclic amines) is 1. The molecule has 4 nitrogen and oxygen atoms in total. The molecule has 0 radical (unpaired) electrons. The van der Waals surface area contributed by atoms with Crippen LogP contribution in [0.2, 0.25) is 0 Å². The summed E-state index contributed by atoms with van der Waals surface area (Å²) in [6.45, 7) is 0.990. The van der Waals surface area contributed by atoms with E-state index in [1.54, 1.807) is 0 Å². The van der Waals surface area contributed by atoms with Gasteiger partial charge in [0.05, 0.1) is 6.10 Å². The van der Waals surface area contributed by atoms with Gasteiger partial charge in [-0.3, -0.25) is 9.80 Å². The van der Waals surface area contributed by atoms with Gasteiger partial charge in [0.1, 0.15) is 18.3 Å². The Labute approximate surface area is 64.9 Å². The Balaban J connectivity index is 1.86. The molecule has 0 bridgehead atoms. The van der Waals surface area contributed by atoms with E-state index in [0.29, 0.717) is 24.4 Å². The number of hydrogen-bond donors (Lipinski definition) is 0. The van der Waals surface area contributed by atoms with E-state index < -0.39 is 0 Å². The smallest absolute Gasteiger partial charge is 0.181 e. The predicted octanol–water partition coefficient (Wildman–Crippen LogP) is -0.809. The molecule has 0 amide bonds. The summed E-state index contributed by atoms with van der Waals surface area (Å²) in [5.41, 5.74) is 0. The number of epoxide rings is 1. The molecule has 58 valence electrons. The average Bonchev–Trinajstić information content (AvgIpc) is 2.77. The van der Waals surface area contributed by atoms with Gasteiger partial charge in [-0.25, -0.2) is 0 Å². The number of ether oxygens (including phenoxy) is 1. The van der Waals surface area contributed by atoms with Crippen LogP contribution in [-0.2, 0) is 4.74 Å². The third-order valence-electron chi connectivity index (χ3n) is 2.82. The number of piperidine rings is 1. The largest absolute Gasteiger partial charge is 0.366 e. The lowest BCUT2D eigenvalue weighted by Gasteiger charge is -2.15. The van der Waals surface area contributed by atoms with Gasteiger partial charge < -0.3 is 4.74 Å². The quantitative estimate of drug-likeness (QED) is 0.335. The summed E-state index contributed by atoms with van der Waals surface area (Å²) in [6, 6.07) is 0.378. The Bertz CT molecular complexity index is 245. The standard InChI is InChI=1S/C7H9N3O/c1-9-2-4-6(11-4)5-7(9)10(5)3-8/h4-7H,2H2,1H3/t4-,5-,6-,7+,10?/m1/s1. The van der Waals surface area contributed by atoms with Crippen molar-refractivity contribution in [3.63, 3.8) is 0 Å². The number of nitrogens with zero attached hydrogens (tertiary/aromatic N) is 3. The minimum Gasteiger partial charge on any atom is -0.366 e. The van der Waals surface area contributed by atoms with E-state index in [2.05, 4.69) is 11.1 Å². The molecule has 0 aromatic carbocycles. The maximum absolute atomic E-state index is 8.68. The average molecular weight is 151 g/mol. The summed E-state index contributed by atoms with van der Waals surface area (Å²) in [4.78, 5) is 4.01. The molecule has 0 aliphatic carbocycles. The van der Waals surface area contributed by atoms with E-state index in [1.807, 2.05) is 11.9 Å². The summed E-state index contributed by atoms with van der Waals surface area (Å²) in [5.74, 6) is 0. The predicted molar refractivity (Wildman–Crippen MR) is 36.3 cm³/mol. The van der Waals surface area contributed by atoms with Crippen LogP contribution in [0, 0.1) is 11.5 Å². The Morgan fingerprint density at radius 1 is 1.64 bits per heavy atom. The summed E-state index contributed by atoms with van der Waals surface area (Å²) < 4.78 is 5.40. The number of fused-ring (bicyclic) bond motifs is 3. The lowest BCUT2D eigenvalue weighted by atomic mass is 10.1. The zero-order chi connectivity index (χ0) is 7.59. The first-order valence-corrected chi connectivity index (χ1v) is 3.86. The van der Waals surface area contributed by atoms with E-state index in [1.165, 1.54) is 0 Å². The van der Waals surface area contributed by atoms with Crippen molar-refractivity contribution in [1.29, 1.82) is 5.26 Å². The molecule has 4 heteroatoms. The SMILES string of the molecule is CN1C[C@H]2O[C@H]2[C@@H]2[C@@H]1N2C#N. The molecule has 11 heavy (non-hydrogen) atoms. The molecule has 3 fully saturated rings. The molecule has 3 saturated heterocycles. The van der Waals surface area contributed by atoms with Crippen LogP contribution >= 0.6 is 0 Å². The molecule has 3 aliphatic heterocycles. The second-order valence-electron chi connectivity index (χ2n) is 3.49. The molecule has 3 rings (SSSR count). The highest BCUT2D eigenvalue weighted by Crippen LogP contribution is 2.46. The third-order valence-corrected chi connectivity index (χ3v) is 2.82. The minimum absolute atomic E-state index is 0.351. The number of likely N-dealkylation sites (N-methyl/N-ethyl adjacent to an activating group) is 1. The van der Waals surface area contributed by atoms with Crippen LogP contribution in [0.25, 0.3) is 0 Å². The zero-order valence-corrected chi connectivity index (χ0v) is 6.27. The van der Waals surface area contributed by atoms with Crippen LogP contribution in [0.5, 0.6) is 0 Å². The van der Waals surface area contributed by atoms with E-state index in [4.69, 9.17) is 10.00 Å². The van der Waals surface area contributed by atoms with Crippen molar-refractivity contribution in [3.8, 4) is 6.19 Å². The lowest BCUT2D eigenvalue weighted by molar-refractivity contribution is 0.256. The van der Waals surface area contributed by atoms with E-state index in [0.717, 1.165) is 6.54 Å².